The van der Waals surface area contributed by atoms with Crippen molar-refractivity contribution in [3.63, 3.8) is 0 Å². The number of hydrogen-bond donors (Lipinski definition) is 0. The average molecular weight is 497 g/mol. The van der Waals surface area contributed by atoms with Crippen LogP contribution in [0.2, 0.25) is 0 Å². The van der Waals surface area contributed by atoms with Crippen LogP contribution in [0.15, 0.2) is 77.4 Å². The number of esters is 2. The van der Waals surface area contributed by atoms with Crippen molar-refractivity contribution in [2.45, 2.75) is 41.5 Å². The molecule has 0 saturated carbocycles. The van der Waals surface area contributed by atoms with E-state index in [1.165, 1.54) is 13.2 Å². The summed E-state index contributed by atoms with van der Waals surface area (Å²) in [5.74, 6) is -0.797. The van der Waals surface area contributed by atoms with Crippen LogP contribution in [0.1, 0.15) is 25.0 Å². The fraction of sp³-hybridized carbons (Fsp3) is 0.346. The largest absolute Gasteiger partial charge is 0.466 e. The second-order valence-corrected chi connectivity index (χ2v) is 11.4. The third kappa shape index (κ3) is 4.49. The van der Waals surface area contributed by atoms with Gasteiger partial charge in [0.2, 0.25) is 0 Å². The predicted molar refractivity (Wildman–Crippen MR) is 138 cm³/mol. The Morgan fingerprint density at radius 3 is 2.38 bits per heavy atom. The van der Waals surface area contributed by atoms with Crippen LogP contribution in [0.5, 0.6) is 0 Å². The Morgan fingerprint density at radius 1 is 1.12 bits per heavy atom. The number of hydrogen-bond acceptors (Lipinski definition) is 8. The molecule has 178 valence electrons. The Morgan fingerprint density at radius 2 is 1.76 bits per heavy atom. The highest BCUT2D eigenvalue weighted by molar-refractivity contribution is 8.05. The summed E-state index contributed by atoms with van der Waals surface area (Å²) in [5, 5.41) is -0.136. The minimum Gasteiger partial charge on any atom is -0.466 e. The maximum Gasteiger partial charge on any atom is 0.332 e. The normalized spacial score (nSPS) is 26.2. The molecule has 0 aromatic heterocycles. The molecule has 2 heterocycles. The first kappa shape index (κ1) is 24.4. The number of benzene rings is 2. The molecule has 0 N–H and O–H groups in total. The summed E-state index contributed by atoms with van der Waals surface area (Å²) in [4.78, 5) is 31.9. The van der Waals surface area contributed by atoms with Crippen molar-refractivity contribution in [1.29, 1.82) is 0 Å². The van der Waals surface area contributed by atoms with E-state index in [1.807, 2.05) is 91.9 Å². The maximum absolute atomic E-state index is 13.3. The molecule has 34 heavy (non-hydrogen) atoms. The number of carbonyl (C=O) groups excluding carboxylic acids is 2. The van der Waals surface area contributed by atoms with E-state index in [9.17, 15) is 9.59 Å². The van der Waals surface area contributed by atoms with Crippen LogP contribution in [-0.4, -0.2) is 57.5 Å². The van der Waals surface area contributed by atoms with Gasteiger partial charge < -0.3 is 14.4 Å². The van der Waals surface area contributed by atoms with E-state index in [-0.39, 0.29) is 18.0 Å². The van der Waals surface area contributed by atoms with E-state index in [0.29, 0.717) is 5.70 Å². The van der Waals surface area contributed by atoms with E-state index < -0.39 is 21.6 Å². The zero-order chi connectivity index (χ0) is 24.3. The van der Waals surface area contributed by atoms with Gasteiger partial charge in [-0.3, -0.25) is 4.99 Å². The van der Waals surface area contributed by atoms with Gasteiger partial charge in [-0.1, -0.05) is 60.7 Å². The second kappa shape index (κ2) is 9.88. The lowest BCUT2D eigenvalue weighted by Crippen LogP contribution is -2.65. The molecular formula is C26H28N2O4S2. The lowest BCUT2D eigenvalue weighted by atomic mass is 9.92. The van der Waals surface area contributed by atoms with Crippen molar-refractivity contribution >= 4 is 41.7 Å². The number of carbonyl (C=O) groups is 2. The molecule has 2 saturated heterocycles. The number of thioether (sulfide) groups is 2. The third-order valence-corrected chi connectivity index (χ3v) is 8.94. The summed E-state index contributed by atoms with van der Waals surface area (Å²) < 4.78 is 10.2. The summed E-state index contributed by atoms with van der Waals surface area (Å²) in [6, 6.07) is 18.9. The lowest BCUT2D eigenvalue weighted by molar-refractivity contribution is -0.153. The molecule has 2 aromatic carbocycles. The zero-order valence-corrected chi connectivity index (χ0v) is 21.3. The molecule has 3 atom stereocenters. The van der Waals surface area contributed by atoms with Gasteiger partial charge in [0.25, 0.3) is 0 Å². The molecule has 0 unspecified atom stereocenters. The standard InChI is InChI=1S/C26H28N2O4S2/c1-25(2)22(23(30)32-17-19-13-9-6-10-14-19)28-20(15-21(29)31-3)26(33-4,24(28)34-25)27-16-18-11-7-5-8-12-18/h5-16,22,24H,17H2,1-4H3/b20-15-,27-16?/t22-,24+,26-/m0/s1. The Hall–Kier alpha value is -2.71. The van der Waals surface area contributed by atoms with Crippen molar-refractivity contribution in [1.82, 2.24) is 4.90 Å². The maximum atomic E-state index is 13.3. The Balaban J connectivity index is 1.66. The number of fused-ring (bicyclic) bond motifs is 1. The van der Waals surface area contributed by atoms with Gasteiger partial charge in [0.05, 0.1) is 12.8 Å². The van der Waals surface area contributed by atoms with Crippen molar-refractivity contribution in [3.05, 3.63) is 83.6 Å². The molecule has 2 aromatic rings. The Labute approximate surface area is 208 Å². The molecule has 0 amide bonds. The van der Waals surface area contributed by atoms with Crippen LogP contribution < -0.4 is 0 Å². The van der Waals surface area contributed by atoms with Crippen LogP contribution in [0.4, 0.5) is 0 Å². The number of nitrogens with zero attached hydrogens (tertiary/aromatic N) is 2. The number of methoxy groups -OCH3 is 1. The number of ether oxygens (including phenoxy) is 2. The third-order valence-electron chi connectivity index (χ3n) is 6.00. The van der Waals surface area contributed by atoms with E-state index in [2.05, 4.69) is 0 Å². The number of rotatable bonds is 7. The van der Waals surface area contributed by atoms with Crippen molar-refractivity contribution < 1.29 is 19.1 Å². The minimum atomic E-state index is -0.722. The Bertz CT molecular complexity index is 1100. The van der Waals surface area contributed by atoms with Crippen LogP contribution in [0.25, 0.3) is 0 Å². The first-order chi connectivity index (χ1) is 16.3. The summed E-state index contributed by atoms with van der Waals surface area (Å²) >= 11 is 3.23. The quantitative estimate of drug-likeness (QED) is 0.318. The predicted octanol–water partition coefficient (Wildman–Crippen LogP) is 4.50. The molecule has 2 fully saturated rings. The second-order valence-electron chi connectivity index (χ2n) is 8.60. The van der Waals surface area contributed by atoms with E-state index in [4.69, 9.17) is 14.5 Å². The molecule has 8 heteroatoms. The van der Waals surface area contributed by atoms with Gasteiger partial charge in [0, 0.05) is 17.0 Å². The molecule has 4 rings (SSSR count). The van der Waals surface area contributed by atoms with Gasteiger partial charge >= 0.3 is 11.9 Å². The van der Waals surface area contributed by atoms with Gasteiger partial charge in [-0.2, -0.15) is 0 Å². The van der Waals surface area contributed by atoms with Gasteiger partial charge in [-0.15, -0.1) is 23.5 Å². The van der Waals surface area contributed by atoms with Gasteiger partial charge in [-0.25, -0.2) is 9.59 Å². The minimum absolute atomic E-state index is 0.136. The average Bonchev–Trinajstić information content (AvgIpc) is 3.11. The number of aliphatic imine (C=N–C) groups is 1. The molecule has 2 aliphatic heterocycles. The topological polar surface area (TPSA) is 68.2 Å². The van der Waals surface area contributed by atoms with E-state index in [1.54, 1.807) is 23.5 Å². The summed E-state index contributed by atoms with van der Waals surface area (Å²) in [6.45, 7) is 4.27. The van der Waals surface area contributed by atoms with Gasteiger partial charge in [0.1, 0.15) is 18.0 Å². The monoisotopic (exact) mass is 496 g/mol. The van der Waals surface area contributed by atoms with Crippen LogP contribution in [-0.2, 0) is 25.7 Å². The van der Waals surface area contributed by atoms with Crippen molar-refractivity contribution in [3.8, 4) is 0 Å². The first-order valence-electron chi connectivity index (χ1n) is 10.9. The SMILES string of the molecule is COC(=O)/C=C1\N2[C@@H](C(=O)OCc3ccccc3)C(C)(C)S[C@@H]2[C@@]1(N=Cc1ccccc1)SC. The van der Waals surface area contributed by atoms with Gasteiger partial charge in [0.15, 0.2) is 4.87 Å². The zero-order valence-electron chi connectivity index (χ0n) is 19.6. The molecule has 0 bridgehead atoms. The first-order valence-corrected chi connectivity index (χ1v) is 13.0. The van der Waals surface area contributed by atoms with Gasteiger partial charge in [-0.05, 0) is 31.2 Å². The fourth-order valence-electron chi connectivity index (χ4n) is 4.31. The molecule has 0 aliphatic carbocycles. The summed E-state index contributed by atoms with van der Waals surface area (Å²) in [5.41, 5.74) is 2.55. The summed E-state index contributed by atoms with van der Waals surface area (Å²) in [6.07, 6.45) is 5.25. The highest BCUT2D eigenvalue weighted by atomic mass is 32.2. The smallest absolute Gasteiger partial charge is 0.332 e. The highest BCUT2D eigenvalue weighted by Gasteiger charge is 2.69. The van der Waals surface area contributed by atoms with Crippen molar-refractivity contribution in [2.24, 2.45) is 4.99 Å². The van der Waals surface area contributed by atoms with E-state index in [0.717, 1.165) is 11.1 Å². The van der Waals surface area contributed by atoms with E-state index >= 15 is 0 Å². The van der Waals surface area contributed by atoms with Crippen LogP contribution in [0.3, 0.4) is 0 Å². The molecule has 0 spiro atoms. The highest BCUT2D eigenvalue weighted by Crippen LogP contribution is 2.64. The van der Waals surface area contributed by atoms with Crippen molar-refractivity contribution in [2.75, 3.05) is 13.4 Å². The molecule has 0 radical (unpaired) electrons. The molecular weight excluding hydrogens is 468 g/mol. The van der Waals surface area contributed by atoms with Crippen LogP contribution in [0, 0.1) is 0 Å². The molecule has 6 nitrogen and oxygen atoms in total. The van der Waals surface area contributed by atoms with Crippen LogP contribution >= 0.6 is 23.5 Å². The Kier molecular flexibility index (Phi) is 7.09. The molecule has 2 aliphatic rings. The fourth-order valence-corrected chi connectivity index (χ4v) is 7.19. The summed E-state index contributed by atoms with van der Waals surface area (Å²) in [7, 11) is 1.35. The lowest BCUT2D eigenvalue weighted by Gasteiger charge is -2.54.